The van der Waals surface area contributed by atoms with Crippen molar-refractivity contribution >= 4 is 17.5 Å². The van der Waals surface area contributed by atoms with Crippen molar-refractivity contribution in [1.82, 2.24) is 15.3 Å². The quantitative estimate of drug-likeness (QED) is 0.482. The third-order valence-electron chi connectivity index (χ3n) is 13.5. The molecular weight excluding hydrogens is 540 g/mol. The number of nitriles is 1. The topological polar surface area (TPSA) is 133 Å². The smallest absolute Gasteiger partial charge is 0.270 e. The second-order valence-corrected chi connectivity index (χ2v) is 16.0. The number of allylic oxidation sites excluding steroid dienone is 3. The monoisotopic (exact) mass is 584 g/mol. The van der Waals surface area contributed by atoms with Crippen molar-refractivity contribution in [1.29, 1.82) is 5.26 Å². The second kappa shape index (κ2) is 8.94. The molecule has 8 nitrogen and oxygen atoms in total. The summed E-state index contributed by atoms with van der Waals surface area (Å²) in [5.41, 5.74) is -3.86. The van der Waals surface area contributed by atoms with E-state index in [-0.39, 0.29) is 46.0 Å². The molecule has 0 unspecified atom stereocenters. The number of fused-ring (bicyclic) bond motifs is 7. The Morgan fingerprint density at radius 2 is 1.72 bits per heavy atom. The van der Waals surface area contributed by atoms with Crippen LogP contribution in [0.1, 0.15) is 104 Å². The van der Waals surface area contributed by atoms with Crippen LogP contribution in [0.25, 0.3) is 0 Å². The van der Waals surface area contributed by atoms with Crippen LogP contribution in [0, 0.1) is 50.2 Å². The number of nitrogens with one attached hydrogen (secondary N) is 1. The van der Waals surface area contributed by atoms with E-state index in [0.29, 0.717) is 12.8 Å². The first-order chi connectivity index (χ1) is 19.9. The summed E-state index contributed by atoms with van der Waals surface area (Å²) in [4.78, 5) is 49.1. The highest BCUT2D eigenvalue weighted by Gasteiger charge is 2.75. The Bertz CT molecular complexity index is 1540. The molecule has 1 amide bonds. The standard InChI is InChI=1S/C35H44N4O4/c1-29(2)23-8-10-33(6)24(32(23,5)17-21(19-36)27(29)41)16-26(40)35(43)25-18-31(4,39-28(42)22-9-15-37-20-38-22)13-11-30(25,3)12-14-34(33,35)7/h9,15-17,20,23,25,43H,8,10-14,18H2,1-7H3,(H,39,42)/t23-,25+,30+,31-,32-,33+,34-,35+/m0/s1. The van der Waals surface area contributed by atoms with E-state index in [9.17, 15) is 24.8 Å². The number of nitrogens with zero attached hydrogens (tertiary/aromatic N) is 3. The number of carbonyl (C=O) groups is 3. The molecule has 8 atom stereocenters. The lowest BCUT2D eigenvalue weighted by molar-refractivity contribution is -0.240. The molecule has 1 aromatic rings. The van der Waals surface area contributed by atoms with Gasteiger partial charge in [-0.3, -0.25) is 14.4 Å². The van der Waals surface area contributed by atoms with Crippen molar-refractivity contribution in [3.05, 3.63) is 47.6 Å². The average Bonchev–Trinajstić information content (AvgIpc) is 2.96. The molecule has 3 fully saturated rings. The van der Waals surface area contributed by atoms with Crippen molar-refractivity contribution in [2.24, 2.45) is 38.9 Å². The minimum absolute atomic E-state index is 0.0599. The molecule has 3 saturated carbocycles. The first-order valence-electron chi connectivity index (χ1n) is 15.7. The number of hydrogen-bond donors (Lipinski definition) is 2. The van der Waals surface area contributed by atoms with Gasteiger partial charge in [-0.25, -0.2) is 9.97 Å². The van der Waals surface area contributed by atoms with Gasteiger partial charge < -0.3 is 10.4 Å². The maximum absolute atomic E-state index is 14.6. The summed E-state index contributed by atoms with van der Waals surface area (Å²) >= 11 is 0. The molecule has 5 aliphatic carbocycles. The van der Waals surface area contributed by atoms with Crippen molar-refractivity contribution in [2.75, 3.05) is 0 Å². The van der Waals surface area contributed by atoms with Gasteiger partial charge in [0.15, 0.2) is 11.6 Å². The highest BCUT2D eigenvalue weighted by molar-refractivity contribution is 6.05. The van der Waals surface area contributed by atoms with Crippen LogP contribution in [0.4, 0.5) is 0 Å². The van der Waals surface area contributed by atoms with Crippen LogP contribution in [0.2, 0.25) is 0 Å². The zero-order valence-corrected chi connectivity index (χ0v) is 26.5. The van der Waals surface area contributed by atoms with Gasteiger partial charge in [0.05, 0.1) is 5.57 Å². The summed E-state index contributed by atoms with van der Waals surface area (Å²) in [5, 5.41) is 26.2. The van der Waals surface area contributed by atoms with Crippen LogP contribution in [0.3, 0.4) is 0 Å². The van der Waals surface area contributed by atoms with E-state index < -0.39 is 32.8 Å². The number of rotatable bonds is 2. The lowest BCUT2D eigenvalue weighted by Gasteiger charge is -2.71. The maximum atomic E-state index is 14.6. The maximum Gasteiger partial charge on any atom is 0.270 e. The molecule has 0 aliphatic heterocycles. The Balaban J connectivity index is 1.45. The third-order valence-corrected chi connectivity index (χ3v) is 13.5. The molecule has 0 radical (unpaired) electrons. The van der Waals surface area contributed by atoms with Crippen LogP contribution in [0.15, 0.2) is 41.9 Å². The zero-order chi connectivity index (χ0) is 31.4. The van der Waals surface area contributed by atoms with Gasteiger partial charge in [0.25, 0.3) is 5.91 Å². The normalized spacial score (nSPS) is 44.8. The fraction of sp³-hybridized carbons (Fsp3) is 0.657. The van der Waals surface area contributed by atoms with Gasteiger partial charge in [-0.05, 0) is 86.3 Å². The summed E-state index contributed by atoms with van der Waals surface area (Å²) < 4.78 is 0. The fourth-order valence-electron chi connectivity index (χ4n) is 10.6. The number of amides is 1. The summed E-state index contributed by atoms with van der Waals surface area (Å²) in [7, 11) is 0. The molecule has 0 bridgehead atoms. The molecule has 6 rings (SSSR count). The fourth-order valence-corrected chi connectivity index (χ4v) is 10.6. The minimum atomic E-state index is -1.63. The molecule has 43 heavy (non-hydrogen) atoms. The molecular formula is C35H44N4O4. The summed E-state index contributed by atoms with van der Waals surface area (Å²) in [6, 6.07) is 3.73. The van der Waals surface area contributed by atoms with E-state index in [4.69, 9.17) is 0 Å². The van der Waals surface area contributed by atoms with E-state index in [1.165, 1.54) is 12.5 Å². The van der Waals surface area contributed by atoms with Crippen LogP contribution in [-0.2, 0) is 9.59 Å². The van der Waals surface area contributed by atoms with Gasteiger partial charge in [-0.15, -0.1) is 0 Å². The van der Waals surface area contributed by atoms with Crippen LogP contribution in [0.5, 0.6) is 0 Å². The Morgan fingerprint density at radius 3 is 2.37 bits per heavy atom. The zero-order valence-electron chi connectivity index (χ0n) is 26.5. The van der Waals surface area contributed by atoms with Crippen molar-refractivity contribution < 1.29 is 19.5 Å². The van der Waals surface area contributed by atoms with Crippen molar-refractivity contribution in [3.63, 3.8) is 0 Å². The summed E-state index contributed by atoms with van der Waals surface area (Å²) in [5.74, 6) is -1.14. The first-order valence-corrected chi connectivity index (χ1v) is 15.7. The Labute approximate surface area is 254 Å². The van der Waals surface area contributed by atoms with E-state index >= 15 is 0 Å². The van der Waals surface area contributed by atoms with Gasteiger partial charge in [0.2, 0.25) is 0 Å². The highest BCUT2D eigenvalue weighted by atomic mass is 16.3. The largest absolute Gasteiger partial charge is 0.381 e. The molecule has 1 aromatic heterocycles. The first kappa shape index (κ1) is 29.9. The molecule has 2 N–H and O–H groups in total. The van der Waals surface area contributed by atoms with E-state index in [0.717, 1.165) is 37.7 Å². The lowest BCUT2D eigenvalue weighted by Crippen LogP contribution is -2.74. The third kappa shape index (κ3) is 3.67. The Kier molecular flexibility index (Phi) is 6.21. The number of aliphatic hydroxyl groups is 1. The van der Waals surface area contributed by atoms with Crippen molar-refractivity contribution in [3.8, 4) is 6.07 Å². The predicted octanol–water partition coefficient (Wildman–Crippen LogP) is 5.29. The van der Waals surface area contributed by atoms with E-state index in [2.05, 4.69) is 49.0 Å². The molecule has 228 valence electrons. The van der Waals surface area contributed by atoms with Crippen LogP contribution >= 0.6 is 0 Å². The molecule has 5 aliphatic rings. The second-order valence-electron chi connectivity index (χ2n) is 16.0. The van der Waals surface area contributed by atoms with Gasteiger partial charge >= 0.3 is 0 Å². The van der Waals surface area contributed by atoms with Crippen molar-refractivity contribution in [2.45, 2.75) is 105 Å². The van der Waals surface area contributed by atoms with Gasteiger partial charge in [-0.1, -0.05) is 47.6 Å². The number of hydrogen-bond acceptors (Lipinski definition) is 7. The molecule has 8 heteroatoms. The Hall–Kier alpha value is -3.18. The average molecular weight is 585 g/mol. The molecule has 0 saturated heterocycles. The van der Waals surface area contributed by atoms with Gasteiger partial charge in [0, 0.05) is 33.9 Å². The van der Waals surface area contributed by atoms with Gasteiger partial charge in [-0.2, -0.15) is 5.26 Å². The number of ketones is 2. The Morgan fingerprint density at radius 1 is 1.02 bits per heavy atom. The van der Waals surface area contributed by atoms with E-state index in [1.807, 2.05) is 26.8 Å². The minimum Gasteiger partial charge on any atom is -0.381 e. The molecule has 0 spiro atoms. The van der Waals surface area contributed by atoms with Crippen LogP contribution in [-0.4, -0.2) is 43.7 Å². The number of aromatic nitrogens is 2. The summed E-state index contributed by atoms with van der Waals surface area (Å²) in [6.45, 7) is 14.5. The molecule has 0 aromatic carbocycles. The molecule has 1 heterocycles. The van der Waals surface area contributed by atoms with Crippen LogP contribution < -0.4 is 5.32 Å². The highest BCUT2D eigenvalue weighted by Crippen LogP contribution is 2.75. The predicted molar refractivity (Wildman–Crippen MR) is 160 cm³/mol. The summed E-state index contributed by atoms with van der Waals surface area (Å²) in [6.07, 6.45) is 11.4. The number of carbonyl (C=O) groups excluding carboxylic acids is 3. The number of Topliss-reactive ketones (excluding diaryl/α,β-unsaturated/α-hetero) is 1. The SMILES string of the molecule is CC1(C)C(=O)C(C#N)=C[C@]2(C)C3=CC(=O)[C@]4(O)[C@@H]5C[C@@](C)(NC(=O)c6ccncn6)CC[C@]5(C)CC[C@@]4(C)[C@]3(C)CC[C@@H]12. The lowest BCUT2D eigenvalue weighted by atomic mass is 9.33. The van der Waals surface area contributed by atoms with Gasteiger partial charge in [0.1, 0.15) is 23.7 Å². The van der Waals surface area contributed by atoms with E-state index in [1.54, 1.807) is 12.1 Å².